The van der Waals surface area contributed by atoms with Gasteiger partial charge in [0.1, 0.15) is 0 Å². The Labute approximate surface area is 272 Å². The molecule has 5 heterocycles. The lowest BCUT2D eigenvalue weighted by molar-refractivity contribution is -0.138. The number of nitrogens with zero attached hydrogens (tertiary/aromatic N) is 2. The third-order valence-electron chi connectivity index (χ3n) is 9.12. The number of aliphatic carboxylic acids is 3. The molecule has 246 valence electrons. The maximum Gasteiger partial charge on any atom is 0.303 e. The van der Waals surface area contributed by atoms with Gasteiger partial charge in [0.15, 0.2) is 0 Å². The molecule has 3 aromatic heterocycles. The highest BCUT2D eigenvalue weighted by molar-refractivity contribution is 5.96. The molecule has 0 atom stereocenters. The van der Waals surface area contributed by atoms with Gasteiger partial charge in [0.25, 0.3) is 0 Å². The summed E-state index contributed by atoms with van der Waals surface area (Å²) in [4.78, 5) is 51.8. The van der Waals surface area contributed by atoms with E-state index in [9.17, 15) is 29.7 Å². The zero-order valence-corrected chi connectivity index (χ0v) is 27.3. The lowest BCUT2D eigenvalue weighted by Crippen LogP contribution is -1.98. The summed E-state index contributed by atoms with van der Waals surface area (Å²) in [6.07, 6.45) is 1.33. The molecule has 0 amide bonds. The minimum atomic E-state index is -0.915. The van der Waals surface area contributed by atoms with Crippen molar-refractivity contribution in [2.45, 2.75) is 72.6 Å². The molecule has 0 saturated carbocycles. The van der Waals surface area contributed by atoms with E-state index >= 15 is 0 Å². The van der Waals surface area contributed by atoms with Crippen molar-refractivity contribution in [1.29, 1.82) is 0 Å². The molecule has 5 rings (SSSR count). The molecule has 11 heteroatoms. The van der Waals surface area contributed by atoms with Gasteiger partial charge in [-0.2, -0.15) is 0 Å². The van der Waals surface area contributed by atoms with Crippen LogP contribution in [0.1, 0.15) is 91.0 Å². The van der Waals surface area contributed by atoms with Gasteiger partial charge < -0.3 is 30.0 Å². The second-order valence-corrected chi connectivity index (χ2v) is 12.1. The summed E-state index contributed by atoms with van der Waals surface area (Å²) in [6, 6.07) is 7.74. The van der Waals surface area contributed by atoms with Crippen LogP contribution in [0.2, 0.25) is 0 Å². The predicted molar refractivity (Wildman–Crippen MR) is 181 cm³/mol. The van der Waals surface area contributed by atoms with Gasteiger partial charge in [-0.1, -0.05) is 0 Å². The van der Waals surface area contributed by atoms with Crippen molar-refractivity contribution in [3.05, 3.63) is 69.3 Å². The largest absolute Gasteiger partial charge is 0.481 e. The molecule has 0 aliphatic carbocycles. The first-order valence-corrected chi connectivity index (χ1v) is 15.7. The van der Waals surface area contributed by atoms with E-state index in [0.29, 0.717) is 42.8 Å². The second kappa shape index (κ2) is 13.8. The van der Waals surface area contributed by atoms with Crippen molar-refractivity contribution in [2.75, 3.05) is 13.7 Å². The molecule has 11 nitrogen and oxygen atoms in total. The minimum Gasteiger partial charge on any atom is -0.481 e. The van der Waals surface area contributed by atoms with Gasteiger partial charge in [0.2, 0.25) is 0 Å². The molecule has 5 N–H and O–H groups in total. The van der Waals surface area contributed by atoms with Crippen LogP contribution >= 0.6 is 0 Å². The number of fused-ring (bicyclic) bond motifs is 8. The highest BCUT2D eigenvalue weighted by Gasteiger charge is 2.22. The fraction of sp³-hybridized carbons (Fsp3) is 0.361. The third-order valence-corrected chi connectivity index (χ3v) is 9.12. The average Bonchev–Trinajstić information content (AvgIpc) is 3.66. The van der Waals surface area contributed by atoms with Crippen molar-refractivity contribution in [1.82, 2.24) is 19.9 Å². The average molecular weight is 641 g/mol. The van der Waals surface area contributed by atoms with E-state index < -0.39 is 17.9 Å². The maximum absolute atomic E-state index is 11.6. The number of aromatic amines is 2. The molecule has 0 unspecified atom stereocenters. The van der Waals surface area contributed by atoms with E-state index in [1.54, 1.807) is 7.11 Å². The first kappa shape index (κ1) is 33.3. The molecular weight excluding hydrogens is 600 g/mol. The Morgan fingerprint density at radius 2 is 1.02 bits per heavy atom. The number of aryl methyl sites for hydroxylation is 4. The van der Waals surface area contributed by atoms with E-state index in [1.165, 1.54) is 0 Å². The van der Waals surface area contributed by atoms with Gasteiger partial charge in [0, 0.05) is 48.4 Å². The van der Waals surface area contributed by atoms with Gasteiger partial charge in [0.05, 0.1) is 29.4 Å². The number of carboxylic acids is 3. The van der Waals surface area contributed by atoms with Crippen LogP contribution in [0.25, 0.3) is 44.4 Å². The lowest BCUT2D eigenvalue weighted by Gasteiger charge is -2.04. The van der Waals surface area contributed by atoms with Gasteiger partial charge in [-0.15, -0.1) is 0 Å². The van der Waals surface area contributed by atoms with E-state index in [4.69, 9.17) is 14.7 Å². The van der Waals surface area contributed by atoms with E-state index in [0.717, 1.165) is 72.5 Å². The summed E-state index contributed by atoms with van der Waals surface area (Å²) in [5, 5.41) is 28.6. The summed E-state index contributed by atoms with van der Waals surface area (Å²) >= 11 is 0. The molecule has 0 saturated heterocycles. The molecule has 2 aliphatic heterocycles. The molecular formula is C36H40N4O7. The minimum absolute atomic E-state index is 0.0508. The smallest absolute Gasteiger partial charge is 0.303 e. The van der Waals surface area contributed by atoms with Crippen LogP contribution < -0.4 is 0 Å². The van der Waals surface area contributed by atoms with Gasteiger partial charge in [-0.05, 0) is 122 Å². The number of hydrogen-bond donors (Lipinski definition) is 5. The van der Waals surface area contributed by atoms with Crippen molar-refractivity contribution in [3.8, 4) is 0 Å². The van der Waals surface area contributed by atoms with Gasteiger partial charge >= 0.3 is 17.9 Å². The van der Waals surface area contributed by atoms with Crippen LogP contribution in [-0.4, -0.2) is 66.9 Å². The molecule has 0 aromatic carbocycles. The topological polar surface area (TPSA) is 178 Å². The third kappa shape index (κ3) is 7.05. The highest BCUT2D eigenvalue weighted by Crippen LogP contribution is 2.37. The van der Waals surface area contributed by atoms with E-state index in [-0.39, 0.29) is 25.7 Å². The number of rotatable bonds is 12. The predicted octanol–water partition coefficient (Wildman–Crippen LogP) is 6.73. The number of methoxy groups -OCH3 is 1. The quantitative estimate of drug-likeness (QED) is 0.144. The molecule has 2 aliphatic rings. The van der Waals surface area contributed by atoms with Crippen LogP contribution in [-0.2, 0) is 32.0 Å². The normalized spacial score (nSPS) is 13.0. The molecule has 8 bridgehead atoms. The Bertz CT molecular complexity index is 2010. The van der Waals surface area contributed by atoms with Crippen molar-refractivity contribution in [2.24, 2.45) is 0 Å². The van der Waals surface area contributed by atoms with Crippen molar-refractivity contribution < 1.29 is 34.4 Å². The van der Waals surface area contributed by atoms with Crippen LogP contribution in [0.4, 0.5) is 0 Å². The maximum atomic E-state index is 11.6. The zero-order chi connectivity index (χ0) is 34.0. The standard InChI is InChI=1S/C36H40N4O7/c1-18-23(7-10-35(43)44)32-17-33-24(8-11-36(45)46)20(3)28(40-33)15-30-22(6-9-34(41)42)19(2)29(39-30)16-31-25(12-13-47-5)21(4)27(37-31)14-26(18)38-32/h14-17,38,40H,6-13H2,1-5H3,(H,41,42)(H,43,44)(H,45,46). The van der Waals surface area contributed by atoms with Gasteiger partial charge in [-0.3, -0.25) is 14.4 Å². The highest BCUT2D eigenvalue weighted by atomic mass is 16.5. The Morgan fingerprint density at radius 1 is 0.596 bits per heavy atom. The number of allylic oxidation sites excluding steroid dienone is 3. The number of carboxylic acid groups (broad SMARTS) is 3. The fourth-order valence-electron chi connectivity index (χ4n) is 6.39. The van der Waals surface area contributed by atoms with Crippen LogP contribution in [0, 0.1) is 13.8 Å². The SMILES string of the molecule is COCCC1=C(C)c2cc3[nH]c(cc4[nH]c(cc5nc(cc1n2)C(C)=C5CCC(=O)O)c(C)c4CCC(=O)O)c(CCC(=O)O)c3C. The molecule has 0 radical (unpaired) electrons. The van der Waals surface area contributed by atoms with Crippen molar-refractivity contribution in [3.63, 3.8) is 0 Å². The summed E-state index contributed by atoms with van der Waals surface area (Å²) < 4.78 is 5.41. The van der Waals surface area contributed by atoms with Crippen LogP contribution in [0.5, 0.6) is 0 Å². The van der Waals surface area contributed by atoms with Crippen LogP contribution in [0.15, 0.2) is 24.3 Å². The summed E-state index contributed by atoms with van der Waals surface area (Å²) in [5.74, 6) is -2.72. The molecule has 3 aromatic rings. The zero-order valence-electron chi connectivity index (χ0n) is 27.3. The Balaban J connectivity index is 1.91. The Kier molecular flexibility index (Phi) is 9.76. The van der Waals surface area contributed by atoms with Crippen molar-refractivity contribution >= 4 is 62.3 Å². The number of nitrogens with one attached hydrogen (secondary N) is 2. The summed E-state index contributed by atoms with van der Waals surface area (Å²) in [6.45, 7) is 8.35. The number of ether oxygens (including phenoxy) is 1. The van der Waals surface area contributed by atoms with Gasteiger partial charge in [-0.25, -0.2) is 9.97 Å². The number of hydrogen-bond acceptors (Lipinski definition) is 6. The number of H-pyrrole nitrogens is 2. The van der Waals surface area contributed by atoms with Crippen LogP contribution in [0.3, 0.4) is 0 Å². The fourth-order valence-corrected chi connectivity index (χ4v) is 6.39. The molecule has 0 spiro atoms. The number of carbonyl (C=O) groups is 3. The van der Waals surface area contributed by atoms with E-state index in [1.807, 2.05) is 52.0 Å². The first-order valence-electron chi connectivity index (χ1n) is 15.7. The second-order valence-electron chi connectivity index (χ2n) is 12.1. The molecule has 0 fully saturated rings. The summed E-state index contributed by atoms with van der Waals surface area (Å²) in [7, 11) is 1.66. The Hall–Kier alpha value is -5.03. The van der Waals surface area contributed by atoms with E-state index in [2.05, 4.69) is 9.97 Å². The Morgan fingerprint density at radius 3 is 1.51 bits per heavy atom. The number of aromatic nitrogens is 4. The summed E-state index contributed by atoms with van der Waals surface area (Å²) in [5.41, 5.74) is 13.0. The first-order chi connectivity index (χ1) is 22.4. The monoisotopic (exact) mass is 640 g/mol. The lowest BCUT2D eigenvalue weighted by atomic mass is 9.99. The molecule has 47 heavy (non-hydrogen) atoms.